The second kappa shape index (κ2) is 4.73. The van der Waals surface area contributed by atoms with Crippen molar-refractivity contribution in [2.24, 2.45) is 5.41 Å². The van der Waals surface area contributed by atoms with Crippen molar-refractivity contribution in [1.82, 2.24) is 9.88 Å². The lowest BCUT2D eigenvalue weighted by molar-refractivity contribution is -0.156. The summed E-state index contributed by atoms with van der Waals surface area (Å²) in [6, 6.07) is 3.29. The maximum Gasteiger partial charge on any atom is 0.259 e. The number of nitrogens with zero attached hydrogens (tertiary/aromatic N) is 3. The summed E-state index contributed by atoms with van der Waals surface area (Å²) < 4.78 is 27.8. The van der Waals surface area contributed by atoms with Crippen LogP contribution >= 0.6 is 0 Å². The van der Waals surface area contributed by atoms with Gasteiger partial charge in [-0.25, -0.2) is 8.78 Å². The van der Waals surface area contributed by atoms with E-state index in [9.17, 15) is 13.6 Å². The highest BCUT2D eigenvalue weighted by Crippen LogP contribution is 2.54. The normalized spacial score (nSPS) is 31.2. The van der Waals surface area contributed by atoms with Crippen LogP contribution in [0, 0.1) is 16.7 Å². The monoisotopic (exact) mass is 305 g/mol. The minimum Gasteiger partial charge on any atom is -0.332 e. The zero-order chi connectivity index (χ0) is 16.1. The fraction of sp³-hybridized carbons (Fsp3) is 0.562. The van der Waals surface area contributed by atoms with Crippen molar-refractivity contribution in [3.05, 3.63) is 29.6 Å². The third-order valence-corrected chi connectivity index (χ3v) is 5.10. The Morgan fingerprint density at radius 2 is 2.18 bits per heavy atom. The Bertz CT molecular complexity index is 664. The fourth-order valence-electron chi connectivity index (χ4n) is 3.63. The van der Waals surface area contributed by atoms with Gasteiger partial charge in [0.25, 0.3) is 5.92 Å². The first-order valence-corrected chi connectivity index (χ1v) is 7.33. The molecule has 0 saturated carbocycles. The summed E-state index contributed by atoms with van der Waals surface area (Å²) >= 11 is 0. The van der Waals surface area contributed by atoms with Gasteiger partial charge in [0.15, 0.2) is 0 Å². The zero-order valence-electron chi connectivity index (χ0n) is 12.5. The van der Waals surface area contributed by atoms with E-state index < -0.39 is 17.2 Å². The maximum atomic E-state index is 13.9. The van der Waals surface area contributed by atoms with Gasteiger partial charge in [0.2, 0.25) is 5.91 Å². The fourth-order valence-corrected chi connectivity index (χ4v) is 3.63. The molecule has 2 aliphatic rings. The summed E-state index contributed by atoms with van der Waals surface area (Å²) in [5.74, 6) is -3.54. The van der Waals surface area contributed by atoms with E-state index in [1.54, 1.807) is 17.2 Å². The number of hydrogen-bond acceptors (Lipinski definition) is 3. The van der Waals surface area contributed by atoms with Gasteiger partial charge in [0.05, 0.1) is 11.6 Å². The third-order valence-electron chi connectivity index (χ3n) is 5.10. The molecular weight excluding hydrogens is 288 g/mol. The van der Waals surface area contributed by atoms with Crippen LogP contribution in [0.1, 0.15) is 50.3 Å². The first kappa shape index (κ1) is 14.9. The van der Waals surface area contributed by atoms with Crippen molar-refractivity contribution in [2.45, 2.75) is 51.1 Å². The molecular formula is C16H17F2N3O. The van der Waals surface area contributed by atoms with Crippen LogP contribution in [0.4, 0.5) is 8.78 Å². The largest absolute Gasteiger partial charge is 0.332 e. The topological polar surface area (TPSA) is 57.0 Å². The summed E-state index contributed by atoms with van der Waals surface area (Å²) in [4.78, 5) is 18.3. The standard InChI is InChI=1S/C16H17F2N3O/c1-15(16(2,17)18)6-12-3-4-13(21(12)14(15)22)11-5-10(7-19)8-20-9-11/h5,8-9,12-13H,3-4,6H2,1-2H3/t12-,13?,15?/m1/s1. The molecule has 0 bridgehead atoms. The minimum absolute atomic E-state index is 0.154. The molecule has 1 aromatic heterocycles. The van der Waals surface area contributed by atoms with E-state index in [0.717, 1.165) is 18.9 Å². The molecule has 2 unspecified atom stereocenters. The van der Waals surface area contributed by atoms with Gasteiger partial charge in [-0.1, -0.05) is 0 Å². The van der Waals surface area contributed by atoms with E-state index in [1.807, 2.05) is 6.07 Å². The van der Waals surface area contributed by atoms with E-state index in [4.69, 9.17) is 5.26 Å². The second-order valence-electron chi connectivity index (χ2n) is 6.50. The molecule has 6 heteroatoms. The first-order chi connectivity index (χ1) is 10.3. The summed E-state index contributed by atoms with van der Waals surface area (Å²) in [7, 11) is 0. The highest BCUT2D eigenvalue weighted by atomic mass is 19.3. The van der Waals surface area contributed by atoms with Crippen molar-refractivity contribution in [3.63, 3.8) is 0 Å². The molecule has 3 heterocycles. The summed E-state index contributed by atoms with van der Waals surface area (Å²) in [5.41, 5.74) is -0.480. The lowest BCUT2D eigenvalue weighted by Crippen LogP contribution is -2.44. The number of aromatic nitrogens is 1. The molecule has 2 fully saturated rings. The number of halogens is 2. The van der Waals surface area contributed by atoms with Gasteiger partial charge in [0, 0.05) is 25.4 Å². The van der Waals surface area contributed by atoms with Crippen molar-refractivity contribution in [1.29, 1.82) is 5.26 Å². The highest BCUT2D eigenvalue weighted by molar-refractivity contribution is 5.87. The predicted octanol–water partition coefficient (Wildman–Crippen LogP) is 3.05. The Hall–Kier alpha value is -2.03. The van der Waals surface area contributed by atoms with Gasteiger partial charge in [-0.05, 0) is 37.8 Å². The number of nitriles is 1. The number of fused-ring (bicyclic) bond motifs is 1. The van der Waals surface area contributed by atoms with Crippen LogP contribution in [0.25, 0.3) is 0 Å². The minimum atomic E-state index is -3.05. The molecule has 3 rings (SSSR count). The molecule has 2 aliphatic heterocycles. The maximum absolute atomic E-state index is 13.9. The van der Waals surface area contributed by atoms with E-state index in [1.165, 1.54) is 13.1 Å². The van der Waals surface area contributed by atoms with Crippen molar-refractivity contribution in [3.8, 4) is 6.07 Å². The first-order valence-electron chi connectivity index (χ1n) is 7.33. The lowest BCUT2D eigenvalue weighted by Gasteiger charge is -2.31. The van der Waals surface area contributed by atoms with E-state index in [-0.39, 0.29) is 18.5 Å². The number of carbonyl (C=O) groups is 1. The Morgan fingerprint density at radius 1 is 1.45 bits per heavy atom. The highest BCUT2D eigenvalue weighted by Gasteiger charge is 2.62. The van der Waals surface area contributed by atoms with Gasteiger partial charge >= 0.3 is 0 Å². The van der Waals surface area contributed by atoms with Crippen LogP contribution < -0.4 is 0 Å². The Balaban J connectivity index is 1.95. The molecule has 0 aromatic carbocycles. The Labute approximate surface area is 127 Å². The van der Waals surface area contributed by atoms with E-state index in [2.05, 4.69) is 4.98 Å². The third kappa shape index (κ3) is 1.99. The smallest absolute Gasteiger partial charge is 0.259 e. The van der Waals surface area contributed by atoms with Gasteiger partial charge in [-0.3, -0.25) is 9.78 Å². The van der Waals surface area contributed by atoms with E-state index >= 15 is 0 Å². The van der Waals surface area contributed by atoms with Crippen molar-refractivity contribution >= 4 is 5.91 Å². The van der Waals surface area contributed by atoms with Crippen LogP contribution in [0.15, 0.2) is 18.5 Å². The zero-order valence-corrected chi connectivity index (χ0v) is 12.5. The van der Waals surface area contributed by atoms with E-state index in [0.29, 0.717) is 12.0 Å². The molecule has 0 spiro atoms. The molecule has 2 saturated heterocycles. The van der Waals surface area contributed by atoms with Gasteiger partial charge in [-0.2, -0.15) is 5.26 Å². The molecule has 0 radical (unpaired) electrons. The Kier molecular flexibility index (Phi) is 3.20. The number of amides is 1. The predicted molar refractivity (Wildman–Crippen MR) is 74.9 cm³/mol. The number of hydrogen-bond donors (Lipinski definition) is 0. The average Bonchev–Trinajstić information content (AvgIpc) is 2.98. The number of alkyl halides is 2. The van der Waals surface area contributed by atoms with Crippen molar-refractivity contribution < 1.29 is 13.6 Å². The number of rotatable bonds is 2. The van der Waals surface area contributed by atoms with Crippen LogP contribution in [0.3, 0.4) is 0 Å². The molecule has 4 nitrogen and oxygen atoms in total. The van der Waals surface area contributed by atoms with Gasteiger partial charge in [0.1, 0.15) is 11.5 Å². The molecule has 1 amide bonds. The van der Waals surface area contributed by atoms with Crippen LogP contribution in [-0.4, -0.2) is 27.8 Å². The average molecular weight is 305 g/mol. The summed E-state index contributed by atoms with van der Waals surface area (Å²) in [6.45, 7) is 2.18. The van der Waals surface area contributed by atoms with Crippen LogP contribution in [-0.2, 0) is 4.79 Å². The van der Waals surface area contributed by atoms with Crippen LogP contribution in [0.2, 0.25) is 0 Å². The summed E-state index contributed by atoms with van der Waals surface area (Å²) in [5, 5.41) is 8.96. The van der Waals surface area contributed by atoms with Crippen molar-refractivity contribution in [2.75, 3.05) is 0 Å². The number of pyridine rings is 1. The van der Waals surface area contributed by atoms with Crippen LogP contribution in [0.5, 0.6) is 0 Å². The Morgan fingerprint density at radius 3 is 2.82 bits per heavy atom. The second-order valence-corrected chi connectivity index (χ2v) is 6.50. The lowest BCUT2D eigenvalue weighted by atomic mass is 9.80. The molecule has 0 N–H and O–H groups in total. The molecule has 3 atom stereocenters. The SMILES string of the molecule is CC(F)(F)C1(C)C[C@H]2CCC(c3cncc(C#N)c3)N2C1=O. The molecule has 22 heavy (non-hydrogen) atoms. The summed E-state index contributed by atoms with van der Waals surface area (Å²) in [6.07, 6.45) is 4.67. The van der Waals surface area contributed by atoms with Gasteiger partial charge in [-0.15, -0.1) is 0 Å². The molecule has 1 aromatic rings. The molecule has 0 aliphatic carbocycles. The number of carbonyl (C=O) groups excluding carboxylic acids is 1. The van der Waals surface area contributed by atoms with Gasteiger partial charge < -0.3 is 4.90 Å². The quantitative estimate of drug-likeness (QED) is 0.844. The molecule has 116 valence electrons.